The normalized spacial score (nSPS) is 11.2. The number of ether oxygens (including phenoxy) is 1. The average Bonchev–Trinajstić information content (AvgIpc) is 2.80. The average molecular weight is 417 g/mol. The van der Waals surface area contributed by atoms with Gasteiger partial charge in [0.15, 0.2) is 11.2 Å². The molecule has 156 valence electrons. The minimum atomic E-state index is -0.958. The van der Waals surface area contributed by atoms with E-state index in [1.165, 1.54) is 6.20 Å². The van der Waals surface area contributed by atoms with Crippen LogP contribution in [0.3, 0.4) is 0 Å². The fourth-order valence-electron chi connectivity index (χ4n) is 3.17. The third kappa shape index (κ3) is 3.98. The number of aromatic nitrogens is 2. The van der Waals surface area contributed by atoms with E-state index in [9.17, 15) is 14.7 Å². The molecular weight excluding hydrogens is 396 g/mol. The number of hydrogen-bond acceptors (Lipinski definition) is 6. The van der Waals surface area contributed by atoms with E-state index in [0.717, 1.165) is 10.3 Å². The third-order valence-corrected chi connectivity index (χ3v) is 4.65. The SMILES string of the molecule is [2H]c1ccccc1-c1cnc2c(c1)c(O)c(C(=O)OCC)c(=O)n2OCc1ccccc1. The Bertz CT molecular complexity index is 1350. The summed E-state index contributed by atoms with van der Waals surface area (Å²) in [4.78, 5) is 35.6. The molecular formula is C24H20N2O5. The van der Waals surface area contributed by atoms with Crippen molar-refractivity contribution in [2.24, 2.45) is 0 Å². The lowest BCUT2D eigenvalue weighted by Crippen LogP contribution is -2.32. The number of benzene rings is 2. The number of carbonyl (C=O) groups is 1. The van der Waals surface area contributed by atoms with Gasteiger partial charge in [-0.05, 0) is 24.1 Å². The van der Waals surface area contributed by atoms with Gasteiger partial charge >= 0.3 is 11.5 Å². The van der Waals surface area contributed by atoms with Gasteiger partial charge in [0.05, 0.1) is 13.4 Å². The maximum Gasteiger partial charge on any atom is 0.347 e. The van der Waals surface area contributed by atoms with Crippen molar-refractivity contribution in [2.45, 2.75) is 13.5 Å². The van der Waals surface area contributed by atoms with Crippen molar-refractivity contribution < 1.29 is 20.8 Å². The lowest BCUT2D eigenvalue weighted by molar-refractivity contribution is 0.0508. The van der Waals surface area contributed by atoms with Crippen molar-refractivity contribution in [1.82, 2.24) is 9.71 Å². The van der Waals surface area contributed by atoms with E-state index in [2.05, 4.69) is 4.98 Å². The maximum atomic E-state index is 13.1. The van der Waals surface area contributed by atoms with Crippen LogP contribution in [-0.4, -0.2) is 27.4 Å². The Morgan fingerprint density at radius 1 is 1.13 bits per heavy atom. The summed E-state index contributed by atoms with van der Waals surface area (Å²) in [5, 5.41) is 10.9. The first-order valence-electron chi connectivity index (χ1n) is 10.2. The molecule has 7 nitrogen and oxygen atoms in total. The van der Waals surface area contributed by atoms with E-state index in [1.54, 1.807) is 37.3 Å². The Kier molecular flexibility index (Phi) is 5.30. The smallest absolute Gasteiger partial charge is 0.347 e. The molecule has 0 fully saturated rings. The fourth-order valence-corrected chi connectivity index (χ4v) is 3.17. The van der Waals surface area contributed by atoms with Gasteiger partial charge in [0, 0.05) is 11.8 Å². The van der Waals surface area contributed by atoms with Crippen LogP contribution in [0.4, 0.5) is 0 Å². The fraction of sp³-hybridized carbons (Fsp3) is 0.125. The van der Waals surface area contributed by atoms with Crippen molar-refractivity contribution in [3.63, 3.8) is 0 Å². The number of pyridine rings is 2. The van der Waals surface area contributed by atoms with Gasteiger partial charge < -0.3 is 14.7 Å². The van der Waals surface area contributed by atoms with Crippen LogP contribution in [0.5, 0.6) is 5.75 Å². The Labute approximate surface area is 179 Å². The molecule has 0 saturated carbocycles. The van der Waals surface area contributed by atoms with Gasteiger partial charge in [0.25, 0.3) is 0 Å². The molecule has 0 aliphatic rings. The highest BCUT2D eigenvalue weighted by atomic mass is 16.7. The molecule has 0 unspecified atom stereocenters. The van der Waals surface area contributed by atoms with Crippen LogP contribution < -0.4 is 10.4 Å². The summed E-state index contributed by atoms with van der Waals surface area (Å²) >= 11 is 0. The van der Waals surface area contributed by atoms with Gasteiger partial charge in [0.1, 0.15) is 12.4 Å². The minimum absolute atomic E-state index is 0.0329. The minimum Gasteiger partial charge on any atom is -0.506 e. The van der Waals surface area contributed by atoms with Crippen LogP contribution in [0.1, 0.15) is 24.2 Å². The highest BCUT2D eigenvalue weighted by molar-refractivity contribution is 5.99. The molecule has 0 radical (unpaired) electrons. The molecule has 0 saturated heterocycles. The summed E-state index contributed by atoms with van der Waals surface area (Å²) in [5.41, 5.74) is 0.570. The number of fused-ring (bicyclic) bond motifs is 1. The predicted octanol–water partition coefficient (Wildman–Crippen LogP) is 3.57. The van der Waals surface area contributed by atoms with E-state index in [0.29, 0.717) is 11.1 Å². The number of aromatic hydroxyl groups is 1. The number of esters is 1. The van der Waals surface area contributed by atoms with Crippen LogP contribution in [0.2, 0.25) is 0 Å². The molecule has 0 aliphatic heterocycles. The second-order valence-corrected chi connectivity index (χ2v) is 6.67. The van der Waals surface area contributed by atoms with Crippen molar-refractivity contribution in [1.29, 1.82) is 0 Å². The van der Waals surface area contributed by atoms with Crippen LogP contribution in [-0.2, 0) is 11.3 Å². The Morgan fingerprint density at radius 2 is 1.87 bits per heavy atom. The third-order valence-electron chi connectivity index (χ3n) is 4.65. The second-order valence-electron chi connectivity index (χ2n) is 6.67. The van der Waals surface area contributed by atoms with Crippen molar-refractivity contribution >= 4 is 17.0 Å². The van der Waals surface area contributed by atoms with Crippen LogP contribution >= 0.6 is 0 Å². The molecule has 4 rings (SSSR count). The number of hydrogen-bond donors (Lipinski definition) is 1. The first kappa shape index (κ1) is 18.9. The Balaban J connectivity index is 1.91. The molecule has 1 N–H and O–H groups in total. The van der Waals surface area contributed by atoms with E-state index in [-0.39, 0.29) is 30.3 Å². The molecule has 7 heteroatoms. The Morgan fingerprint density at radius 3 is 2.61 bits per heavy atom. The van der Waals surface area contributed by atoms with Gasteiger partial charge in [-0.25, -0.2) is 9.78 Å². The summed E-state index contributed by atoms with van der Waals surface area (Å²) in [7, 11) is 0. The first-order valence-corrected chi connectivity index (χ1v) is 9.69. The highest BCUT2D eigenvalue weighted by Gasteiger charge is 2.25. The van der Waals surface area contributed by atoms with Gasteiger partial charge in [-0.1, -0.05) is 60.6 Å². The molecule has 0 bridgehead atoms. The zero-order chi connectivity index (χ0) is 22.7. The number of rotatable bonds is 6. The number of nitrogens with zero attached hydrogens (tertiary/aromatic N) is 2. The van der Waals surface area contributed by atoms with E-state index in [1.807, 2.05) is 30.3 Å². The maximum absolute atomic E-state index is 13.1. The van der Waals surface area contributed by atoms with Gasteiger partial charge in [0.2, 0.25) is 0 Å². The van der Waals surface area contributed by atoms with Gasteiger partial charge in [-0.15, -0.1) is 4.73 Å². The summed E-state index contributed by atoms with van der Waals surface area (Å²) < 4.78 is 14.0. The summed E-state index contributed by atoms with van der Waals surface area (Å²) in [5.74, 6) is -1.50. The molecule has 4 aromatic rings. The predicted molar refractivity (Wildman–Crippen MR) is 116 cm³/mol. The van der Waals surface area contributed by atoms with Crippen LogP contribution in [0.25, 0.3) is 22.2 Å². The monoisotopic (exact) mass is 417 g/mol. The van der Waals surface area contributed by atoms with Gasteiger partial charge in [-0.3, -0.25) is 4.79 Å². The summed E-state index contributed by atoms with van der Waals surface area (Å²) in [6, 6.07) is 17.9. The van der Waals surface area contributed by atoms with Crippen molar-refractivity contribution in [3.8, 4) is 16.9 Å². The van der Waals surface area contributed by atoms with E-state index < -0.39 is 22.8 Å². The zero-order valence-corrected chi connectivity index (χ0v) is 16.7. The van der Waals surface area contributed by atoms with Crippen LogP contribution in [0.15, 0.2) is 77.7 Å². The molecule has 0 aliphatic carbocycles. The molecule has 0 spiro atoms. The standard InChI is InChI=1S/C24H20N2O5/c1-2-30-24(29)20-21(27)19-13-18(17-11-7-4-8-12-17)14-25-22(19)26(23(20)28)31-15-16-9-5-3-6-10-16/h3-14,27H,2,15H2,1H3/i11D. The lowest BCUT2D eigenvalue weighted by atomic mass is 10.1. The quantitative estimate of drug-likeness (QED) is 0.482. The molecule has 2 aromatic heterocycles. The zero-order valence-electron chi connectivity index (χ0n) is 17.7. The highest BCUT2D eigenvalue weighted by Crippen LogP contribution is 2.29. The van der Waals surface area contributed by atoms with Crippen LogP contribution in [0, 0.1) is 0 Å². The first-order chi connectivity index (χ1) is 15.5. The van der Waals surface area contributed by atoms with Crippen molar-refractivity contribution in [2.75, 3.05) is 6.61 Å². The largest absolute Gasteiger partial charge is 0.506 e. The Hall–Kier alpha value is -4.13. The number of carbonyl (C=O) groups excluding carboxylic acids is 1. The van der Waals surface area contributed by atoms with E-state index in [4.69, 9.17) is 10.9 Å². The van der Waals surface area contributed by atoms with Crippen molar-refractivity contribution in [3.05, 3.63) is 94.4 Å². The molecule has 2 aromatic carbocycles. The lowest BCUT2D eigenvalue weighted by Gasteiger charge is -2.15. The van der Waals surface area contributed by atoms with E-state index >= 15 is 0 Å². The molecule has 0 amide bonds. The molecule has 31 heavy (non-hydrogen) atoms. The summed E-state index contributed by atoms with van der Waals surface area (Å²) in [6.45, 7) is 1.68. The second kappa shape index (κ2) is 8.71. The topological polar surface area (TPSA) is 90.7 Å². The summed E-state index contributed by atoms with van der Waals surface area (Å²) in [6.07, 6.45) is 1.49. The van der Waals surface area contributed by atoms with Gasteiger partial charge in [-0.2, -0.15) is 0 Å². The molecule has 2 heterocycles. The molecule has 0 atom stereocenters.